The number of hydrogen-bond donors (Lipinski definition) is 2. The number of aliphatic carboxylic acids is 1. The second kappa shape index (κ2) is 11.4. The van der Waals surface area contributed by atoms with Crippen LogP contribution in [-0.4, -0.2) is 58.3 Å². The van der Waals surface area contributed by atoms with Gasteiger partial charge in [0, 0.05) is 24.8 Å². The maximum atomic E-state index is 13.8. The normalized spacial score (nSPS) is 21.8. The molecule has 2 saturated heterocycles. The number of nitrogens with zero attached hydrogens (tertiary/aromatic N) is 2. The summed E-state index contributed by atoms with van der Waals surface area (Å²) in [6, 6.07) is 13.5. The van der Waals surface area contributed by atoms with Crippen LogP contribution >= 0.6 is 0 Å². The van der Waals surface area contributed by atoms with E-state index in [4.69, 9.17) is 14.6 Å². The third-order valence-electron chi connectivity index (χ3n) is 6.31. The van der Waals surface area contributed by atoms with E-state index in [0.717, 1.165) is 17.9 Å². The number of hydrogen-bond acceptors (Lipinski definition) is 5. The fourth-order valence-corrected chi connectivity index (χ4v) is 4.68. The Hall–Kier alpha value is -3.67. The quantitative estimate of drug-likeness (QED) is 0.421. The monoisotopic (exact) mass is 539 g/mol. The molecule has 206 valence electrons. The van der Waals surface area contributed by atoms with Gasteiger partial charge in [-0.3, -0.25) is 19.9 Å². The fraction of sp³-hybridized carbons (Fsp3) is 0.423. The zero-order chi connectivity index (χ0) is 28.3. The van der Waals surface area contributed by atoms with Gasteiger partial charge < -0.3 is 9.84 Å². The molecule has 0 radical (unpaired) electrons. The third kappa shape index (κ3) is 6.60. The van der Waals surface area contributed by atoms with Gasteiger partial charge in [0.25, 0.3) is 5.91 Å². The second-order valence-corrected chi connectivity index (χ2v) is 9.50. The molecular weight excluding hydrogens is 510 g/mol. The van der Waals surface area contributed by atoms with Gasteiger partial charge in [-0.2, -0.15) is 13.2 Å². The number of alkyl halides is 3. The lowest BCUT2D eigenvalue weighted by atomic mass is 9.81. The van der Waals surface area contributed by atoms with Gasteiger partial charge in [-0.1, -0.05) is 18.2 Å². The summed E-state index contributed by atoms with van der Waals surface area (Å²) in [5.74, 6) is -2.66. The van der Waals surface area contributed by atoms with Crippen LogP contribution < -0.4 is 15.0 Å². The molecule has 2 atom stereocenters. The molecule has 0 aromatic heterocycles. The number of halogens is 4. The largest absolute Gasteiger partial charge is 0.491 e. The SMILES string of the molecule is CC(C)Oc1cccc(CN2CC[C@]3(C[C@H]2C)C(=O)NC(=O)N3c2cccc(F)c2)c1.O=C(O)C(F)(F)F. The molecule has 2 aliphatic heterocycles. The summed E-state index contributed by atoms with van der Waals surface area (Å²) >= 11 is 0. The predicted molar refractivity (Wildman–Crippen MR) is 130 cm³/mol. The van der Waals surface area contributed by atoms with Crippen molar-refractivity contribution in [2.24, 2.45) is 0 Å². The van der Waals surface area contributed by atoms with Crippen molar-refractivity contribution in [2.45, 2.75) is 64.0 Å². The first kappa shape index (κ1) is 28.9. The Bertz CT molecular complexity index is 1190. The van der Waals surface area contributed by atoms with E-state index >= 15 is 0 Å². The number of carboxylic acids is 1. The molecule has 1 spiro atoms. The Balaban J connectivity index is 0.000000505. The number of piperidine rings is 1. The minimum atomic E-state index is -5.08. The van der Waals surface area contributed by atoms with Crippen LogP contribution in [0, 0.1) is 5.82 Å². The zero-order valence-electron chi connectivity index (χ0n) is 21.1. The lowest BCUT2D eigenvalue weighted by molar-refractivity contribution is -0.192. The van der Waals surface area contributed by atoms with Gasteiger partial charge >= 0.3 is 18.2 Å². The number of imide groups is 1. The van der Waals surface area contributed by atoms with Crippen molar-refractivity contribution in [3.63, 3.8) is 0 Å². The summed E-state index contributed by atoms with van der Waals surface area (Å²) in [6.45, 7) is 7.43. The number of carboxylic acid groups (broad SMARTS) is 1. The molecule has 12 heteroatoms. The maximum absolute atomic E-state index is 13.8. The highest BCUT2D eigenvalue weighted by Crippen LogP contribution is 2.40. The number of benzene rings is 2. The number of nitrogens with one attached hydrogen (secondary N) is 1. The van der Waals surface area contributed by atoms with Crippen molar-refractivity contribution in [1.82, 2.24) is 10.2 Å². The first-order chi connectivity index (χ1) is 17.7. The summed E-state index contributed by atoms with van der Waals surface area (Å²) in [7, 11) is 0. The van der Waals surface area contributed by atoms with Gasteiger partial charge in [0.1, 0.15) is 17.1 Å². The molecule has 2 N–H and O–H groups in total. The van der Waals surface area contributed by atoms with Crippen molar-refractivity contribution < 1.29 is 41.8 Å². The number of carbonyl (C=O) groups is 3. The first-order valence-electron chi connectivity index (χ1n) is 11.9. The standard InChI is InChI=1S/C24H28FN3O3.C2HF3O2/c1-16(2)31-21-9-4-6-18(12-21)15-27-11-10-24(14-17(27)3)22(29)26-23(30)28(24)20-8-5-7-19(25)13-20;3-2(4,5)1(6)7/h4-9,12-13,16-17H,10-11,14-15H2,1-3H3,(H,26,29,30);(H,6,7)/t17-,24+;/m1./s1. The van der Waals surface area contributed by atoms with Gasteiger partial charge in [0.05, 0.1) is 6.10 Å². The fourth-order valence-electron chi connectivity index (χ4n) is 4.68. The Morgan fingerprint density at radius 1 is 1.18 bits per heavy atom. The molecule has 0 bridgehead atoms. The molecule has 2 aromatic rings. The predicted octanol–water partition coefficient (Wildman–Crippen LogP) is 4.73. The van der Waals surface area contributed by atoms with Crippen molar-refractivity contribution >= 4 is 23.6 Å². The number of likely N-dealkylation sites (tertiary alicyclic amines) is 1. The number of urea groups is 1. The van der Waals surface area contributed by atoms with E-state index in [0.29, 0.717) is 25.1 Å². The summed E-state index contributed by atoms with van der Waals surface area (Å²) < 4.78 is 51.4. The van der Waals surface area contributed by atoms with Gasteiger partial charge in [0.2, 0.25) is 0 Å². The van der Waals surface area contributed by atoms with Crippen molar-refractivity contribution in [2.75, 3.05) is 11.4 Å². The lowest BCUT2D eigenvalue weighted by Crippen LogP contribution is -2.59. The van der Waals surface area contributed by atoms with E-state index in [1.54, 1.807) is 12.1 Å². The Labute approximate surface area is 217 Å². The van der Waals surface area contributed by atoms with Gasteiger partial charge in [-0.15, -0.1) is 0 Å². The van der Waals surface area contributed by atoms with Crippen LogP contribution in [-0.2, 0) is 16.1 Å². The van der Waals surface area contributed by atoms with E-state index in [2.05, 4.69) is 23.2 Å². The molecule has 2 heterocycles. The number of ether oxygens (including phenoxy) is 1. The van der Waals surface area contributed by atoms with E-state index in [9.17, 15) is 27.2 Å². The molecule has 0 saturated carbocycles. The number of anilines is 1. The number of rotatable bonds is 5. The van der Waals surface area contributed by atoms with E-state index in [-0.39, 0.29) is 18.1 Å². The van der Waals surface area contributed by atoms with Crippen molar-refractivity contribution in [1.29, 1.82) is 0 Å². The van der Waals surface area contributed by atoms with Crippen molar-refractivity contribution in [3.8, 4) is 5.75 Å². The highest BCUT2D eigenvalue weighted by atomic mass is 19.4. The van der Waals surface area contributed by atoms with Gasteiger partial charge in [-0.05, 0) is 69.5 Å². The van der Waals surface area contributed by atoms with E-state index < -0.39 is 29.5 Å². The number of amides is 3. The average molecular weight is 540 g/mol. The van der Waals surface area contributed by atoms with Crippen LogP contribution in [0.1, 0.15) is 39.2 Å². The topological polar surface area (TPSA) is 99.2 Å². The minimum absolute atomic E-state index is 0.0520. The Kier molecular flexibility index (Phi) is 8.65. The Morgan fingerprint density at radius 3 is 2.42 bits per heavy atom. The highest BCUT2D eigenvalue weighted by molar-refractivity contribution is 6.17. The maximum Gasteiger partial charge on any atom is 0.490 e. The lowest BCUT2D eigenvalue weighted by Gasteiger charge is -2.45. The van der Waals surface area contributed by atoms with Crippen LogP contribution in [0.4, 0.5) is 28.0 Å². The van der Waals surface area contributed by atoms with Gasteiger partial charge in [-0.25, -0.2) is 14.0 Å². The van der Waals surface area contributed by atoms with Crippen LogP contribution in [0.15, 0.2) is 48.5 Å². The van der Waals surface area contributed by atoms with Crippen LogP contribution in [0.3, 0.4) is 0 Å². The van der Waals surface area contributed by atoms with Crippen LogP contribution in [0.5, 0.6) is 5.75 Å². The summed E-state index contributed by atoms with van der Waals surface area (Å²) in [6.07, 6.45) is -4.02. The van der Waals surface area contributed by atoms with E-state index in [1.807, 2.05) is 32.0 Å². The average Bonchev–Trinajstić information content (AvgIpc) is 3.04. The summed E-state index contributed by atoms with van der Waals surface area (Å²) in [5, 5.41) is 9.57. The molecular formula is C26H29F4N3O5. The number of carbonyl (C=O) groups excluding carboxylic acids is 2. The first-order valence-corrected chi connectivity index (χ1v) is 11.9. The minimum Gasteiger partial charge on any atom is -0.491 e. The molecule has 38 heavy (non-hydrogen) atoms. The molecule has 2 fully saturated rings. The second-order valence-electron chi connectivity index (χ2n) is 9.50. The van der Waals surface area contributed by atoms with E-state index in [1.165, 1.54) is 17.0 Å². The molecule has 2 aliphatic rings. The van der Waals surface area contributed by atoms with Crippen LogP contribution in [0.2, 0.25) is 0 Å². The zero-order valence-corrected chi connectivity index (χ0v) is 21.1. The molecule has 0 unspecified atom stereocenters. The summed E-state index contributed by atoms with van der Waals surface area (Å²) in [4.78, 5) is 38.2. The summed E-state index contributed by atoms with van der Waals surface area (Å²) in [5.41, 5.74) is 0.543. The molecule has 2 aromatic carbocycles. The molecule has 3 amide bonds. The van der Waals surface area contributed by atoms with Crippen LogP contribution in [0.25, 0.3) is 0 Å². The third-order valence-corrected chi connectivity index (χ3v) is 6.31. The highest BCUT2D eigenvalue weighted by Gasteiger charge is 2.56. The smallest absolute Gasteiger partial charge is 0.490 e. The van der Waals surface area contributed by atoms with Crippen molar-refractivity contribution in [3.05, 3.63) is 59.9 Å². The van der Waals surface area contributed by atoms with Gasteiger partial charge in [0.15, 0.2) is 0 Å². The Morgan fingerprint density at radius 2 is 1.84 bits per heavy atom. The molecule has 0 aliphatic carbocycles. The molecule has 4 rings (SSSR count). The molecule has 8 nitrogen and oxygen atoms in total.